The van der Waals surface area contributed by atoms with Gasteiger partial charge in [-0.25, -0.2) is 0 Å². The van der Waals surface area contributed by atoms with Crippen molar-refractivity contribution >= 4 is 5.97 Å². The van der Waals surface area contributed by atoms with Crippen LogP contribution in [0.3, 0.4) is 0 Å². The van der Waals surface area contributed by atoms with Gasteiger partial charge in [-0.15, -0.1) is 0 Å². The molecule has 2 rings (SSSR count). The first-order valence-electron chi connectivity index (χ1n) is 6.44. The number of nitrogens with one attached hydrogen (secondary N) is 1. The lowest BCUT2D eigenvalue weighted by atomic mass is 9.83. The molecule has 0 saturated carbocycles. The number of esters is 1. The van der Waals surface area contributed by atoms with Crippen LogP contribution >= 0.6 is 0 Å². The molecule has 3 heteroatoms. The first kappa shape index (κ1) is 12.2. The molecule has 1 saturated heterocycles. The molecule has 1 heterocycles. The Kier molecular flexibility index (Phi) is 3.87. The number of hydrogen-bond donors (Lipinski definition) is 1. The third-order valence-electron chi connectivity index (χ3n) is 3.29. The molecule has 0 amide bonds. The molecule has 2 unspecified atom stereocenters. The van der Waals surface area contributed by atoms with Gasteiger partial charge in [0.05, 0.1) is 12.5 Å². The third-order valence-corrected chi connectivity index (χ3v) is 3.29. The fraction of sp³-hybridized carbons (Fsp3) is 0.643. The monoisotopic (exact) mass is 235 g/mol. The summed E-state index contributed by atoms with van der Waals surface area (Å²) in [6, 6.07) is 0. The van der Waals surface area contributed by atoms with Crippen molar-refractivity contribution in [3.63, 3.8) is 0 Å². The highest BCUT2D eigenvalue weighted by Gasteiger charge is 2.31. The molecule has 17 heavy (non-hydrogen) atoms. The zero-order valence-electron chi connectivity index (χ0n) is 10.6. The van der Waals surface area contributed by atoms with E-state index in [1.54, 1.807) is 0 Å². The van der Waals surface area contributed by atoms with Crippen LogP contribution in [0.4, 0.5) is 0 Å². The minimum absolute atomic E-state index is 0.0161. The smallest absolute Gasteiger partial charge is 0.310 e. The van der Waals surface area contributed by atoms with Crippen molar-refractivity contribution in [2.45, 2.75) is 26.7 Å². The number of carbonyl (C=O) groups excluding carboxylic acids is 1. The van der Waals surface area contributed by atoms with Crippen LogP contribution in [0, 0.1) is 17.8 Å². The normalized spacial score (nSPS) is 27.1. The quantitative estimate of drug-likeness (QED) is 0.762. The van der Waals surface area contributed by atoms with Gasteiger partial charge in [0.1, 0.15) is 0 Å². The molecule has 1 fully saturated rings. The number of rotatable bonds is 3. The van der Waals surface area contributed by atoms with Crippen molar-refractivity contribution in [2.75, 3.05) is 13.2 Å². The molecular formula is C14H21NO2. The highest BCUT2D eigenvalue weighted by molar-refractivity contribution is 5.73. The number of hydrogen-bond acceptors (Lipinski definition) is 3. The van der Waals surface area contributed by atoms with Gasteiger partial charge in [-0.1, -0.05) is 26.0 Å². The van der Waals surface area contributed by atoms with Crippen molar-refractivity contribution in [1.29, 1.82) is 0 Å². The predicted molar refractivity (Wildman–Crippen MR) is 67.2 cm³/mol. The van der Waals surface area contributed by atoms with Crippen LogP contribution in [0.1, 0.15) is 26.7 Å². The van der Waals surface area contributed by atoms with Crippen LogP contribution in [0.5, 0.6) is 0 Å². The van der Waals surface area contributed by atoms with E-state index in [2.05, 4.69) is 37.4 Å². The van der Waals surface area contributed by atoms with Crippen LogP contribution in [-0.2, 0) is 9.53 Å². The fourth-order valence-corrected chi connectivity index (χ4v) is 2.32. The zero-order valence-corrected chi connectivity index (χ0v) is 10.6. The maximum absolute atomic E-state index is 11.9. The topological polar surface area (TPSA) is 38.3 Å². The van der Waals surface area contributed by atoms with Gasteiger partial charge in [-0.05, 0) is 24.8 Å². The maximum atomic E-state index is 11.9. The van der Waals surface area contributed by atoms with E-state index < -0.39 is 0 Å². The Hall–Kier alpha value is -1.25. The summed E-state index contributed by atoms with van der Waals surface area (Å²) in [6.45, 7) is 5.36. The molecule has 1 N–H and O–H groups in total. The van der Waals surface area contributed by atoms with Gasteiger partial charge < -0.3 is 10.1 Å². The van der Waals surface area contributed by atoms with E-state index in [0.29, 0.717) is 25.0 Å². The van der Waals surface area contributed by atoms with Crippen LogP contribution in [0.15, 0.2) is 23.9 Å². The summed E-state index contributed by atoms with van der Waals surface area (Å²) in [5.41, 5.74) is 1.28. The summed E-state index contributed by atoms with van der Waals surface area (Å²) in [6.07, 6.45) is 8.31. The highest BCUT2D eigenvalue weighted by Crippen LogP contribution is 2.30. The van der Waals surface area contributed by atoms with Crippen LogP contribution < -0.4 is 5.32 Å². The lowest BCUT2D eigenvalue weighted by molar-refractivity contribution is -0.150. The largest absolute Gasteiger partial charge is 0.465 e. The van der Waals surface area contributed by atoms with Gasteiger partial charge in [0, 0.05) is 18.2 Å². The van der Waals surface area contributed by atoms with Gasteiger partial charge >= 0.3 is 5.97 Å². The molecule has 0 aromatic carbocycles. The van der Waals surface area contributed by atoms with E-state index >= 15 is 0 Å². The number of carbonyl (C=O) groups is 1. The first-order chi connectivity index (χ1) is 8.16. The molecule has 0 aromatic rings. The molecule has 2 atom stereocenters. The molecule has 1 aliphatic heterocycles. The van der Waals surface area contributed by atoms with Crippen molar-refractivity contribution in [3.8, 4) is 0 Å². The van der Waals surface area contributed by atoms with E-state index in [1.165, 1.54) is 5.70 Å². The Bertz CT molecular complexity index is 344. The van der Waals surface area contributed by atoms with Gasteiger partial charge in [0.2, 0.25) is 0 Å². The number of allylic oxidation sites excluding steroid dienone is 4. The molecule has 0 spiro atoms. The van der Waals surface area contributed by atoms with Gasteiger partial charge in [0.15, 0.2) is 0 Å². The van der Waals surface area contributed by atoms with Crippen molar-refractivity contribution in [3.05, 3.63) is 23.9 Å². The van der Waals surface area contributed by atoms with E-state index in [4.69, 9.17) is 4.74 Å². The van der Waals surface area contributed by atoms with E-state index in [-0.39, 0.29) is 11.9 Å². The lowest BCUT2D eigenvalue weighted by Gasteiger charge is -2.32. The molecule has 2 aliphatic rings. The summed E-state index contributed by atoms with van der Waals surface area (Å²) in [5.74, 6) is 0.858. The van der Waals surface area contributed by atoms with Gasteiger partial charge in [0.25, 0.3) is 0 Å². The van der Waals surface area contributed by atoms with Gasteiger partial charge in [-0.3, -0.25) is 4.79 Å². The molecule has 1 aliphatic carbocycles. The second-order valence-electron chi connectivity index (χ2n) is 5.32. The Morgan fingerprint density at radius 1 is 1.59 bits per heavy atom. The predicted octanol–water partition coefficient (Wildman–Crippen LogP) is 2.26. The summed E-state index contributed by atoms with van der Waals surface area (Å²) < 4.78 is 5.31. The average molecular weight is 235 g/mol. The molecule has 94 valence electrons. The van der Waals surface area contributed by atoms with Crippen molar-refractivity contribution in [1.82, 2.24) is 5.32 Å². The summed E-state index contributed by atoms with van der Waals surface area (Å²) in [5, 5.41) is 3.35. The lowest BCUT2D eigenvalue weighted by Crippen LogP contribution is -2.39. The minimum Gasteiger partial charge on any atom is -0.465 e. The van der Waals surface area contributed by atoms with Crippen LogP contribution in [-0.4, -0.2) is 19.1 Å². The summed E-state index contributed by atoms with van der Waals surface area (Å²) in [7, 11) is 0. The second-order valence-corrected chi connectivity index (χ2v) is 5.32. The standard InChI is InChI=1S/C14H21NO2/c1-10(2)9-17-14(16)12-7-11-5-3-4-6-13(11)15-8-12/h3-4,6,10-12,15H,5,7-9H2,1-2H3. The molecule has 3 nitrogen and oxygen atoms in total. The van der Waals surface area contributed by atoms with Crippen molar-refractivity contribution in [2.24, 2.45) is 17.8 Å². The summed E-state index contributed by atoms with van der Waals surface area (Å²) in [4.78, 5) is 11.9. The van der Waals surface area contributed by atoms with E-state index in [9.17, 15) is 4.79 Å². The average Bonchev–Trinajstić information content (AvgIpc) is 2.35. The van der Waals surface area contributed by atoms with Gasteiger partial charge in [-0.2, -0.15) is 0 Å². The van der Waals surface area contributed by atoms with Crippen LogP contribution in [0.2, 0.25) is 0 Å². The molecule has 0 aromatic heterocycles. The van der Waals surface area contributed by atoms with Crippen molar-refractivity contribution < 1.29 is 9.53 Å². The first-order valence-corrected chi connectivity index (χ1v) is 6.44. The number of fused-ring (bicyclic) bond motifs is 1. The van der Waals surface area contributed by atoms with Crippen LogP contribution in [0.25, 0.3) is 0 Å². The van der Waals surface area contributed by atoms with E-state index in [1.807, 2.05) is 0 Å². The van der Waals surface area contributed by atoms with E-state index in [0.717, 1.165) is 12.8 Å². The Morgan fingerprint density at radius 3 is 3.18 bits per heavy atom. The molecule has 0 radical (unpaired) electrons. The fourth-order valence-electron chi connectivity index (χ4n) is 2.32. The molecular weight excluding hydrogens is 214 g/mol. The number of ether oxygens (including phenoxy) is 1. The summed E-state index contributed by atoms with van der Waals surface area (Å²) >= 11 is 0. The molecule has 0 bridgehead atoms. The highest BCUT2D eigenvalue weighted by atomic mass is 16.5. The Morgan fingerprint density at radius 2 is 2.41 bits per heavy atom. The second kappa shape index (κ2) is 5.39. The third kappa shape index (κ3) is 3.11. The SMILES string of the molecule is CC(C)COC(=O)C1CNC2=CC=CCC2C1. The maximum Gasteiger partial charge on any atom is 0.310 e. The minimum atomic E-state index is -0.0418. The zero-order chi connectivity index (χ0) is 12.3. The Balaban J connectivity index is 1.86. The number of piperidine rings is 1. The Labute approximate surface area is 103 Å².